The number of anilines is 1. The number of amides is 2. The molecule has 2 aliphatic heterocycles. The molecule has 2 fully saturated rings. The lowest BCUT2D eigenvalue weighted by Crippen LogP contribution is -2.48. The van der Waals surface area contributed by atoms with Crippen LogP contribution < -0.4 is 27.0 Å². The average Bonchev–Trinajstić information content (AvgIpc) is 2.71. The molecule has 0 atom stereocenters. The molecule has 9 heteroatoms. The molecular formula is C20H27N7O2. The molecule has 2 aromatic rings. The van der Waals surface area contributed by atoms with E-state index in [1.54, 1.807) is 17.2 Å². The van der Waals surface area contributed by atoms with Crippen LogP contribution in [0, 0.1) is 5.92 Å². The molecule has 29 heavy (non-hydrogen) atoms. The van der Waals surface area contributed by atoms with Crippen LogP contribution in [0.4, 0.5) is 10.6 Å². The van der Waals surface area contributed by atoms with Gasteiger partial charge in [-0.15, -0.1) is 0 Å². The van der Waals surface area contributed by atoms with Crippen LogP contribution in [0.2, 0.25) is 0 Å². The summed E-state index contributed by atoms with van der Waals surface area (Å²) in [5, 5.41) is 12.6. The molecule has 1 aromatic heterocycles. The van der Waals surface area contributed by atoms with Crippen LogP contribution in [0.1, 0.15) is 5.56 Å². The lowest BCUT2D eigenvalue weighted by Gasteiger charge is -2.27. The molecule has 0 saturated carbocycles. The maximum absolute atomic E-state index is 12.4. The number of nitrogens with zero attached hydrogens (tertiary/aromatic N) is 3. The zero-order chi connectivity index (χ0) is 20.1. The van der Waals surface area contributed by atoms with E-state index in [-0.39, 0.29) is 11.8 Å². The van der Waals surface area contributed by atoms with Crippen LogP contribution in [0.3, 0.4) is 0 Å². The predicted molar refractivity (Wildman–Crippen MR) is 111 cm³/mol. The molecule has 2 aliphatic rings. The third kappa shape index (κ3) is 5.00. The lowest BCUT2D eigenvalue weighted by atomic mass is 10.0. The van der Waals surface area contributed by atoms with Gasteiger partial charge in [0.15, 0.2) is 0 Å². The van der Waals surface area contributed by atoms with Crippen LogP contribution in [0.5, 0.6) is 0 Å². The van der Waals surface area contributed by atoms with E-state index in [1.165, 1.54) is 10.1 Å². The number of benzene rings is 1. The van der Waals surface area contributed by atoms with Crippen molar-refractivity contribution in [2.45, 2.75) is 6.54 Å². The van der Waals surface area contributed by atoms with Crippen LogP contribution in [-0.4, -0.2) is 66.3 Å². The minimum Gasteiger partial charge on any atom is -0.322 e. The Kier molecular flexibility index (Phi) is 6.18. The number of carbonyl (C=O) groups excluding carboxylic acids is 1. The Morgan fingerprint density at radius 3 is 2.52 bits per heavy atom. The normalized spacial score (nSPS) is 17.0. The van der Waals surface area contributed by atoms with Gasteiger partial charge in [0.2, 0.25) is 0 Å². The van der Waals surface area contributed by atoms with Crippen LogP contribution in [0.25, 0.3) is 5.69 Å². The van der Waals surface area contributed by atoms with E-state index in [0.29, 0.717) is 13.1 Å². The third-order valence-corrected chi connectivity index (χ3v) is 5.29. The second-order valence-electron chi connectivity index (χ2n) is 7.45. The van der Waals surface area contributed by atoms with Crippen molar-refractivity contribution < 1.29 is 4.79 Å². The summed E-state index contributed by atoms with van der Waals surface area (Å²) in [4.78, 5) is 30.4. The zero-order valence-corrected chi connectivity index (χ0v) is 16.4. The van der Waals surface area contributed by atoms with E-state index in [1.807, 2.05) is 24.3 Å². The van der Waals surface area contributed by atoms with Gasteiger partial charge in [0.05, 0.1) is 5.69 Å². The second-order valence-corrected chi connectivity index (χ2v) is 7.45. The Hall–Kier alpha value is -2.75. The monoisotopic (exact) mass is 397 g/mol. The highest BCUT2D eigenvalue weighted by atomic mass is 16.2. The maximum atomic E-state index is 12.4. The molecule has 2 amide bonds. The Bertz CT molecular complexity index is 886. The number of hydrogen-bond acceptors (Lipinski definition) is 6. The van der Waals surface area contributed by atoms with Crippen molar-refractivity contribution >= 4 is 11.8 Å². The third-order valence-electron chi connectivity index (χ3n) is 5.29. The summed E-state index contributed by atoms with van der Waals surface area (Å²) in [6.07, 6.45) is 1.64. The zero-order valence-electron chi connectivity index (χ0n) is 16.4. The van der Waals surface area contributed by atoms with Gasteiger partial charge in [-0.3, -0.25) is 9.88 Å². The van der Waals surface area contributed by atoms with Gasteiger partial charge in [-0.2, -0.15) is 4.98 Å². The highest BCUT2D eigenvalue weighted by Crippen LogP contribution is 2.10. The molecule has 154 valence electrons. The van der Waals surface area contributed by atoms with E-state index in [0.717, 1.165) is 50.9 Å². The summed E-state index contributed by atoms with van der Waals surface area (Å²) < 4.78 is 1.47. The SMILES string of the molecule is O=C(Nc1ccn(-c2ccc(CNCC3CNC3)cc2)c(=O)n1)N1CCNCC1. The van der Waals surface area contributed by atoms with Crippen molar-refractivity contribution in [1.29, 1.82) is 0 Å². The summed E-state index contributed by atoms with van der Waals surface area (Å²) >= 11 is 0. The first-order valence-corrected chi connectivity index (χ1v) is 10.1. The van der Waals surface area contributed by atoms with Crippen LogP contribution in [0.15, 0.2) is 41.3 Å². The van der Waals surface area contributed by atoms with Gasteiger partial charge in [0.1, 0.15) is 5.82 Å². The minimum absolute atomic E-state index is 0.231. The van der Waals surface area contributed by atoms with Gasteiger partial charge in [-0.05, 0) is 29.7 Å². The van der Waals surface area contributed by atoms with Gasteiger partial charge in [-0.25, -0.2) is 9.59 Å². The van der Waals surface area contributed by atoms with Crippen molar-refractivity contribution in [3.63, 3.8) is 0 Å². The van der Waals surface area contributed by atoms with Gasteiger partial charge >= 0.3 is 11.7 Å². The fourth-order valence-corrected chi connectivity index (χ4v) is 3.41. The summed E-state index contributed by atoms with van der Waals surface area (Å²) in [5.41, 5.74) is 1.49. The van der Waals surface area contributed by atoms with E-state index < -0.39 is 5.69 Å². The Balaban J connectivity index is 1.35. The molecular weight excluding hydrogens is 370 g/mol. The van der Waals surface area contributed by atoms with Gasteiger partial charge < -0.3 is 20.9 Å². The number of aromatic nitrogens is 2. The highest BCUT2D eigenvalue weighted by Gasteiger charge is 2.17. The Morgan fingerprint density at radius 2 is 1.86 bits per heavy atom. The molecule has 2 saturated heterocycles. The second kappa shape index (κ2) is 9.17. The number of urea groups is 1. The Labute approximate surface area is 169 Å². The Morgan fingerprint density at radius 1 is 1.10 bits per heavy atom. The van der Waals surface area contributed by atoms with E-state index >= 15 is 0 Å². The smallest absolute Gasteiger partial charge is 0.322 e. The number of rotatable bonds is 6. The van der Waals surface area contributed by atoms with E-state index in [4.69, 9.17) is 0 Å². The molecule has 0 aliphatic carbocycles. The van der Waals surface area contributed by atoms with Crippen molar-refractivity contribution in [3.8, 4) is 5.69 Å². The molecule has 9 nitrogen and oxygen atoms in total. The first-order valence-electron chi connectivity index (χ1n) is 10.1. The maximum Gasteiger partial charge on any atom is 0.354 e. The largest absolute Gasteiger partial charge is 0.354 e. The minimum atomic E-state index is -0.425. The van der Waals surface area contributed by atoms with Gasteiger partial charge in [0, 0.05) is 58.6 Å². The summed E-state index contributed by atoms with van der Waals surface area (Å²) in [5.74, 6) is 0.991. The number of piperazine rings is 1. The van der Waals surface area contributed by atoms with Gasteiger partial charge in [0.25, 0.3) is 0 Å². The fraction of sp³-hybridized carbons (Fsp3) is 0.450. The molecule has 1 aromatic carbocycles. The summed E-state index contributed by atoms with van der Waals surface area (Å²) in [6, 6.07) is 9.24. The molecule has 0 spiro atoms. The van der Waals surface area contributed by atoms with E-state index in [2.05, 4.69) is 26.3 Å². The van der Waals surface area contributed by atoms with Crippen molar-refractivity contribution in [1.82, 2.24) is 30.4 Å². The molecule has 0 radical (unpaired) electrons. The fourth-order valence-electron chi connectivity index (χ4n) is 3.41. The molecule has 3 heterocycles. The van der Waals surface area contributed by atoms with Crippen LogP contribution >= 0.6 is 0 Å². The van der Waals surface area contributed by atoms with Crippen LogP contribution in [-0.2, 0) is 6.54 Å². The first-order chi connectivity index (χ1) is 14.2. The molecule has 4 rings (SSSR count). The van der Waals surface area contributed by atoms with Crippen molar-refractivity contribution in [3.05, 3.63) is 52.6 Å². The number of hydrogen-bond donors (Lipinski definition) is 4. The predicted octanol–water partition coefficient (Wildman–Crippen LogP) is -0.0214. The van der Waals surface area contributed by atoms with Gasteiger partial charge in [-0.1, -0.05) is 12.1 Å². The topological polar surface area (TPSA) is 103 Å². The molecule has 4 N–H and O–H groups in total. The molecule has 0 bridgehead atoms. The number of carbonyl (C=O) groups is 1. The average molecular weight is 397 g/mol. The van der Waals surface area contributed by atoms with E-state index in [9.17, 15) is 9.59 Å². The van der Waals surface area contributed by atoms with Crippen molar-refractivity contribution in [2.75, 3.05) is 51.1 Å². The highest BCUT2D eigenvalue weighted by molar-refractivity contribution is 5.88. The summed E-state index contributed by atoms with van der Waals surface area (Å²) in [7, 11) is 0. The summed E-state index contributed by atoms with van der Waals surface area (Å²) in [6.45, 7) is 6.82. The standard InChI is InChI=1S/C20H27N7O2/c28-19(26-9-6-21-7-10-26)24-18-5-8-27(20(29)25-18)17-3-1-15(2-4-17)11-22-12-16-13-23-14-16/h1-5,8,16,21-23H,6-7,9-14H2,(H,24,25,28,29). The molecule has 0 unspecified atom stereocenters. The first kappa shape index (κ1) is 19.6. The lowest BCUT2D eigenvalue weighted by molar-refractivity contribution is 0.204. The van der Waals surface area contributed by atoms with Crippen molar-refractivity contribution in [2.24, 2.45) is 5.92 Å². The quantitative estimate of drug-likeness (QED) is 0.546. The number of nitrogens with one attached hydrogen (secondary N) is 4.